The van der Waals surface area contributed by atoms with E-state index in [0.29, 0.717) is 23.4 Å². The molecule has 0 aliphatic carbocycles. The van der Waals surface area contributed by atoms with Crippen LogP contribution in [0.25, 0.3) is 11.2 Å². The molecule has 2 aromatic rings. The fourth-order valence-corrected chi connectivity index (χ4v) is 1.42. The van der Waals surface area contributed by atoms with Gasteiger partial charge < -0.3 is 21.1 Å². The lowest BCUT2D eigenvalue weighted by Crippen LogP contribution is -2.24. The van der Waals surface area contributed by atoms with E-state index in [2.05, 4.69) is 9.97 Å². The minimum atomic E-state index is -0.592. The summed E-state index contributed by atoms with van der Waals surface area (Å²) in [6.45, 7) is 0.589. The average molecular weight is 207 g/mol. The second-order valence-corrected chi connectivity index (χ2v) is 3.36. The molecule has 0 aliphatic heterocycles. The van der Waals surface area contributed by atoms with Crippen molar-refractivity contribution in [2.24, 2.45) is 5.73 Å². The zero-order valence-corrected chi connectivity index (χ0v) is 8.17. The van der Waals surface area contributed by atoms with Gasteiger partial charge in [-0.25, -0.2) is 9.97 Å². The van der Waals surface area contributed by atoms with Gasteiger partial charge in [0.25, 0.3) is 0 Å². The van der Waals surface area contributed by atoms with Gasteiger partial charge in [-0.3, -0.25) is 0 Å². The Hall–Kier alpha value is -1.66. The normalized spacial score (nSPS) is 13.2. The number of pyridine rings is 1. The van der Waals surface area contributed by atoms with Gasteiger partial charge in [0, 0.05) is 12.7 Å². The van der Waals surface area contributed by atoms with Gasteiger partial charge in [-0.05, 0) is 6.07 Å². The van der Waals surface area contributed by atoms with E-state index in [1.807, 2.05) is 0 Å². The monoisotopic (exact) mass is 207 g/mol. The number of aliphatic hydroxyl groups is 1. The lowest BCUT2D eigenvalue weighted by atomic mass is 10.3. The Bertz CT molecular complexity index is 466. The molecule has 0 amide bonds. The van der Waals surface area contributed by atoms with Gasteiger partial charge in [-0.2, -0.15) is 0 Å². The minimum absolute atomic E-state index is 0.210. The molecule has 5 N–H and O–H groups in total. The van der Waals surface area contributed by atoms with Crippen molar-refractivity contribution in [2.75, 3.05) is 12.3 Å². The molecule has 1 unspecified atom stereocenters. The molecule has 6 heteroatoms. The topological polar surface area (TPSA) is 103 Å². The van der Waals surface area contributed by atoms with E-state index in [1.165, 1.54) is 0 Å². The van der Waals surface area contributed by atoms with Crippen LogP contribution in [0.3, 0.4) is 0 Å². The van der Waals surface area contributed by atoms with E-state index in [1.54, 1.807) is 23.2 Å². The van der Waals surface area contributed by atoms with E-state index < -0.39 is 6.10 Å². The summed E-state index contributed by atoms with van der Waals surface area (Å²) >= 11 is 0. The van der Waals surface area contributed by atoms with E-state index in [4.69, 9.17) is 11.5 Å². The third-order valence-electron chi connectivity index (χ3n) is 2.21. The van der Waals surface area contributed by atoms with Gasteiger partial charge in [0.05, 0.1) is 24.7 Å². The van der Waals surface area contributed by atoms with Crippen molar-refractivity contribution in [3.05, 3.63) is 18.6 Å². The number of fused-ring (bicyclic) bond motifs is 1. The maximum atomic E-state index is 9.43. The van der Waals surface area contributed by atoms with Crippen molar-refractivity contribution in [1.29, 1.82) is 0 Å². The van der Waals surface area contributed by atoms with Crippen LogP contribution in [0, 0.1) is 0 Å². The Morgan fingerprint density at radius 2 is 2.27 bits per heavy atom. The van der Waals surface area contributed by atoms with Gasteiger partial charge >= 0.3 is 0 Å². The van der Waals surface area contributed by atoms with Crippen molar-refractivity contribution in [3.63, 3.8) is 0 Å². The number of rotatable bonds is 3. The molecule has 0 aliphatic rings. The van der Waals surface area contributed by atoms with E-state index in [-0.39, 0.29) is 6.54 Å². The molecule has 6 nitrogen and oxygen atoms in total. The third kappa shape index (κ3) is 1.77. The number of aromatic nitrogens is 3. The second-order valence-electron chi connectivity index (χ2n) is 3.36. The molecule has 0 radical (unpaired) electrons. The van der Waals surface area contributed by atoms with Gasteiger partial charge in [0.1, 0.15) is 5.52 Å². The SMILES string of the molecule is NCC(O)Cn1cnc2c(N)ccnc21. The van der Waals surface area contributed by atoms with Crippen LogP contribution in [-0.4, -0.2) is 32.3 Å². The molecule has 2 aromatic heterocycles. The molecule has 0 aromatic carbocycles. The van der Waals surface area contributed by atoms with Crippen molar-refractivity contribution < 1.29 is 5.11 Å². The molecule has 0 spiro atoms. The highest BCUT2D eigenvalue weighted by molar-refractivity contribution is 5.83. The smallest absolute Gasteiger partial charge is 0.162 e. The van der Waals surface area contributed by atoms with E-state index in [9.17, 15) is 5.11 Å². The minimum Gasteiger partial charge on any atom is -0.397 e. The molecular formula is C9H13N5O. The van der Waals surface area contributed by atoms with E-state index in [0.717, 1.165) is 0 Å². The van der Waals surface area contributed by atoms with Crippen LogP contribution in [0.1, 0.15) is 0 Å². The lowest BCUT2D eigenvalue weighted by Gasteiger charge is -2.08. The van der Waals surface area contributed by atoms with Crippen molar-refractivity contribution in [1.82, 2.24) is 14.5 Å². The molecule has 0 saturated carbocycles. The van der Waals surface area contributed by atoms with E-state index >= 15 is 0 Å². The van der Waals surface area contributed by atoms with Crippen LogP contribution in [0.15, 0.2) is 18.6 Å². The number of nitrogens with two attached hydrogens (primary N) is 2. The average Bonchev–Trinajstić information content (AvgIpc) is 2.63. The maximum Gasteiger partial charge on any atom is 0.162 e. The predicted molar refractivity (Wildman–Crippen MR) is 57.0 cm³/mol. The van der Waals surface area contributed by atoms with Crippen molar-refractivity contribution in [2.45, 2.75) is 12.6 Å². The molecule has 15 heavy (non-hydrogen) atoms. The highest BCUT2D eigenvalue weighted by atomic mass is 16.3. The Morgan fingerprint density at radius 1 is 1.47 bits per heavy atom. The van der Waals surface area contributed by atoms with Crippen molar-refractivity contribution >= 4 is 16.9 Å². The summed E-state index contributed by atoms with van der Waals surface area (Å²) in [5.41, 5.74) is 13.0. The summed E-state index contributed by atoms with van der Waals surface area (Å²) in [4.78, 5) is 8.29. The highest BCUT2D eigenvalue weighted by Crippen LogP contribution is 2.16. The summed E-state index contributed by atoms with van der Waals surface area (Å²) in [5.74, 6) is 0. The Balaban J connectivity index is 2.41. The van der Waals surface area contributed by atoms with Crippen LogP contribution >= 0.6 is 0 Å². The van der Waals surface area contributed by atoms with Crippen LogP contribution in [0.4, 0.5) is 5.69 Å². The van der Waals surface area contributed by atoms with Crippen molar-refractivity contribution in [3.8, 4) is 0 Å². The standard InChI is InChI=1S/C9H13N5O/c10-3-6(15)4-14-5-13-8-7(11)1-2-12-9(8)14/h1-2,5-6,15H,3-4,10H2,(H2,11,12). The quantitative estimate of drug-likeness (QED) is 0.619. The molecular weight excluding hydrogens is 194 g/mol. The number of anilines is 1. The van der Waals surface area contributed by atoms with Gasteiger partial charge in [-0.15, -0.1) is 0 Å². The zero-order chi connectivity index (χ0) is 10.8. The first kappa shape index (κ1) is 9.88. The zero-order valence-electron chi connectivity index (χ0n) is 8.17. The molecule has 80 valence electrons. The number of nitrogen functional groups attached to an aromatic ring is 1. The number of hydrogen-bond acceptors (Lipinski definition) is 5. The molecule has 0 bridgehead atoms. The molecule has 2 heterocycles. The maximum absolute atomic E-state index is 9.43. The molecule has 0 fully saturated rings. The summed E-state index contributed by atoms with van der Waals surface area (Å²) in [6, 6.07) is 1.69. The van der Waals surface area contributed by atoms with Crippen LogP contribution in [0.5, 0.6) is 0 Å². The number of aliphatic hydroxyl groups excluding tert-OH is 1. The van der Waals surface area contributed by atoms with Crippen LogP contribution in [0.2, 0.25) is 0 Å². The fraction of sp³-hybridized carbons (Fsp3) is 0.333. The summed E-state index contributed by atoms with van der Waals surface area (Å²) in [7, 11) is 0. The molecule has 0 saturated heterocycles. The summed E-state index contributed by atoms with van der Waals surface area (Å²) in [5, 5.41) is 9.43. The lowest BCUT2D eigenvalue weighted by molar-refractivity contribution is 0.163. The predicted octanol–water partition coefficient (Wildman–Crippen LogP) is -0.667. The van der Waals surface area contributed by atoms with Gasteiger partial charge in [-0.1, -0.05) is 0 Å². The Kier molecular flexibility index (Phi) is 2.53. The number of hydrogen-bond donors (Lipinski definition) is 3. The largest absolute Gasteiger partial charge is 0.397 e. The van der Waals surface area contributed by atoms with Gasteiger partial charge in [0.15, 0.2) is 5.65 Å². The Labute approximate surface area is 86.5 Å². The highest BCUT2D eigenvalue weighted by Gasteiger charge is 2.09. The third-order valence-corrected chi connectivity index (χ3v) is 2.21. The second kappa shape index (κ2) is 3.84. The fourth-order valence-electron chi connectivity index (χ4n) is 1.42. The van der Waals surface area contributed by atoms with Gasteiger partial charge in [0.2, 0.25) is 0 Å². The molecule has 1 atom stereocenters. The summed E-state index contributed by atoms with van der Waals surface area (Å²) in [6.07, 6.45) is 2.63. The summed E-state index contributed by atoms with van der Waals surface area (Å²) < 4.78 is 1.74. The first-order chi connectivity index (χ1) is 7.22. The number of imidazole rings is 1. The first-order valence-corrected chi connectivity index (χ1v) is 4.66. The Morgan fingerprint density at radius 3 is 3.00 bits per heavy atom. The molecule has 2 rings (SSSR count). The first-order valence-electron chi connectivity index (χ1n) is 4.66. The number of nitrogens with zero attached hydrogens (tertiary/aromatic N) is 3. The van der Waals surface area contributed by atoms with Crippen LogP contribution in [-0.2, 0) is 6.54 Å². The van der Waals surface area contributed by atoms with Crippen LogP contribution < -0.4 is 11.5 Å².